The molecule has 0 fully saturated rings. The van der Waals surface area contributed by atoms with Crippen LogP contribution in [0, 0.1) is 5.82 Å². The fourth-order valence-electron chi connectivity index (χ4n) is 2.78. The number of rotatable bonds is 7. The van der Waals surface area contributed by atoms with Crippen LogP contribution in [0.5, 0.6) is 5.75 Å². The van der Waals surface area contributed by atoms with Gasteiger partial charge in [0.05, 0.1) is 4.47 Å². The number of carbonyl (C=O) groups excluding carboxylic acids is 2. The Hall–Kier alpha value is -2.93. The third kappa shape index (κ3) is 4.67. The number of amides is 2. The molecular weight excluding hydrogens is 427 g/mol. The lowest BCUT2D eigenvalue weighted by Crippen LogP contribution is -2.37. The highest BCUT2D eigenvalue weighted by Gasteiger charge is 2.18. The second kappa shape index (κ2) is 8.84. The molecule has 0 aliphatic heterocycles. The van der Waals surface area contributed by atoms with Crippen molar-refractivity contribution in [2.45, 2.75) is 6.42 Å². The highest BCUT2D eigenvalue weighted by atomic mass is 79.9. The number of hydrogen-bond acceptors (Lipinski definition) is 3. The molecule has 0 bridgehead atoms. The predicted octanol–water partition coefficient (Wildman–Crippen LogP) is 4.03. The molecule has 3 aromatic carbocycles. The summed E-state index contributed by atoms with van der Waals surface area (Å²) in [6.07, 6.45) is -0.0111. The lowest BCUT2D eigenvalue weighted by Gasteiger charge is -2.22. The maximum absolute atomic E-state index is 13.2. The van der Waals surface area contributed by atoms with Crippen molar-refractivity contribution in [2.75, 3.05) is 18.1 Å². The number of primary amides is 1. The Labute approximate surface area is 170 Å². The molecule has 2 amide bonds. The minimum atomic E-state index is -0.530. The number of benzene rings is 3. The molecule has 2 N–H and O–H groups in total. The Bertz CT molecular complexity index is 1010. The van der Waals surface area contributed by atoms with E-state index in [1.165, 1.54) is 29.2 Å². The van der Waals surface area contributed by atoms with Crippen LogP contribution in [-0.4, -0.2) is 25.0 Å². The molecule has 28 heavy (non-hydrogen) atoms. The molecule has 0 aliphatic rings. The zero-order chi connectivity index (χ0) is 20.1. The topological polar surface area (TPSA) is 72.6 Å². The summed E-state index contributed by atoms with van der Waals surface area (Å²) in [5.41, 5.74) is 5.67. The van der Waals surface area contributed by atoms with E-state index in [1.54, 1.807) is 6.07 Å². The van der Waals surface area contributed by atoms with E-state index in [-0.39, 0.29) is 25.5 Å². The highest BCUT2D eigenvalue weighted by Crippen LogP contribution is 2.33. The number of carbonyl (C=O) groups is 2. The standard InChI is InChI=1S/C21H18BrFN2O3/c22-21-17-4-2-1-3-14(17)5-10-18(21)28-13-20(27)25(12-11-19(24)26)16-8-6-15(23)7-9-16/h1-10H,11-13H2,(H2,24,26). The first-order chi connectivity index (χ1) is 13.5. The molecule has 3 rings (SSSR count). The monoisotopic (exact) mass is 444 g/mol. The number of nitrogens with two attached hydrogens (primary N) is 1. The van der Waals surface area contributed by atoms with Crippen LogP contribution in [0.25, 0.3) is 10.8 Å². The van der Waals surface area contributed by atoms with Crippen molar-refractivity contribution in [2.24, 2.45) is 5.73 Å². The van der Waals surface area contributed by atoms with Crippen LogP contribution in [0.15, 0.2) is 65.1 Å². The number of ether oxygens (including phenoxy) is 1. The van der Waals surface area contributed by atoms with Gasteiger partial charge in [0.15, 0.2) is 6.61 Å². The van der Waals surface area contributed by atoms with Gasteiger partial charge >= 0.3 is 0 Å². The normalized spacial score (nSPS) is 10.6. The zero-order valence-corrected chi connectivity index (χ0v) is 16.5. The van der Waals surface area contributed by atoms with Crippen molar-refractivity contribution in [3.05, 3.63) is 71.0 Å². The quantitative estimate of drug-likeness (QED) is 0.597. The van der Waals surface area contributed by atoms with Crippen LogP contribution in [-0.2, 0) is 9.59 Å². The van der Waals surface area contributed by atoms with Crippen molar-refractivity contribution < 1.29 is 18.7 Å². The van der Waals surface area contributed by atoms with Crippen molar-refractivity contribution in [3.8, 4) is 5.75 Å². The van der Waals surface area contributed by atoms with Gasteiger partial charge in [-0.1, -0.05) is 30.3 Å². The Morgan fingerprint density at radius 3 is 2.46 bits per heavy atom. The largest absolute Gasteiger partial charge is 0.483 e. The van der Waals surface area contributed by atoms with Gasteiger partial charge in [-0.3, -0.25) is 9.59 Å². The maximum atomic E-state index is 13.2. The van der Waals surface area contributed by atoms with Crippen LogP contribution in [0.3, 0.4) is 0 Å². The molecular formula is C21H18BrFN2O3. The SMILES string of the molecule is NC(=O)CCN(C(=O)COc1ccc2ccccc2c1Br)c1ccc(F)cc1. The molecule has 0 unspecified atom stereocenters. The zero-order valence-electron chi connectivity index (χ0n) is 14.9. The van der Waals surface area contributed by atoms with Crippen molar-refractivity contribution in [3.63, 3.8) is 0 Å². The fraction of sp³-hybridized carbons (Fsp3) is 0.143. The Balaban J connectivity index is 1.77. The summed E-state index contributed by atoms with van der Waals surface area (Å²) in [6, 6.07) is 16.9. The van der Waals surface area contributed by atoms with Gasteiger partial charge in [-0.15, -0.1) is 0 Å². The first-order valence-corrected chi connectivity index (χ1v) is 9.39. The number of hydrogen-bond donors (Lipinski definition) is 1. The van der Waals surface area contributed by atoms with Gasteiger partial charge in [0.2, 0.25) is 5.91 Å². The Morgan fingerprint density at radius 1 is 1.04 bits per heavy atom. The van der Waals surface area contributed by atoms with Crippen LogP contribution in [0.1, 0.15) is 6.42 Å². The van der Waals surface area contributed by atoms with Crippen LogP contribution in [0.2, 0.25) is 0 Å². The van der Waals surface area contributed by atoms with Crippen LogP contribution >= 0.6 is 15.9 Å². The van der Waals surface area contributed by atoms with E-state index in [4.69, 9.17) is 10.5 Å². The average molecular weight is 445 g/mol. The van der Waals surface area contributed by atoms with Gasteiger partial charge < -0.3 is 15.4 Å². The first-order valence-electron chi connectivity index (χ1n) is 8.60. The summed E-state index contributed by atoms with van der Waals surface area (Å²) in [5, 5.41) is 2.01. The van der Waals surface area contributed by atoms with E-state index in [2.05, 4.69) is 15.9 Å². The van der Waals surface area contributed by atoms with Gasteiger partial charge in [-0.2, -0.15) is 0 Å². The maximum Gasteiger partial charge on any atom is 0.264 e. The summed E-state index contributed by atoms with van der Waals surface area (Å²) in [7, 11) is 0. The number of fused-ring (bicyclic) bond motifs is 1. The smallest absolute Gasteiger partial charge is 0.264 e. The minimum Gasteiger partial charge on any atom is -0.483 e. The molecule has 0 radical (unpaired) electrons. The van der Waals surface area contributed by atoms with Crippen LogP contribution in [0.4, 0.5) is 10.1 Å². The summed E-state index contributed by atoms with van der Waals surface area (Å²) < 4.78 is 19.7. The summed E-state index contributed by atoms with van der Waals surface area (Å²) in [6.45, 7) is -0.158. The van der Waals surface area contributed by atoms with Gasteiger partial charge in [-0.05, 0) is 57.0 Å². The highest BCUT2D eigenvalue weighted by molar-refractivity contribution is 9.10. The van der Waals surface area contributed by atoms with Gasteiger partial charge in [0.25, 0.3) is 5.91 Å². The van der Waals surface area contributed by atoms with E-state index in [0.29, 0.717) is 11.4 Å². The second-order valence-electron chi connectivity index (χ2n) is 6.13. The molecule has 0 saturated carbocycles. The van der Waals surface area contributed by atoms with E-state index in [0.717, 1.165) is 15.2 Å². The second-order valence-corrected chi connectivity index (χ2v) is 6.92. The van der Waals surface area contributed by atoms with E-state index in [1.807, 2.05) is 30.3 Å². The molecule has 0 heterocycles. The third-order valence-corrected chi connectivity index (χ3v) is 5.02. The summed E-state index contributed by atoms with van der Waals surface area (Å²) in [5.74, 6) is -0.783. The molecule has 0 aromatic heterocycles. The summed E-state index contributed by atoms with van der Waals surface area (Å²) >= 11 is 3.52. The van der Waals surface area contributed by atoms with Crippen LogP contribution < -0.4 is 15.4 Å². The Morgan fingerprint density at radius 2 is 1.75 bits per heavy atom. The molecule has 0 saturated heterocycles. The molecule has 0 atom stereocenters. The molecule has 144 valence electrons. The van der Waals surface area contributed by atoms with Gasteiger partial charge in [-0.25, -0.2) is 4.39 Å². The van der Waals surface area contributed by atoms with Crippen molar-refractivity contribution >= 4 is 44.2 Å². The summed E-state index contributed by atoms with van der Waals surface area (Å²) in [4.78, 5) is 25.2. The first kappa shape index (κ1) is 19.8. The molecule has 3 aromatic rings. The molecule has 5 nitrogen and oxygen atoms in total. The molecule has 0 aliphatic carbocycles. The molecule has 0 spiro atoms. The fourth-order valence-corrected chi connectivity index (χ4v) is 3.39. The van der Waals surface area contributed by atoms with Crippen molar-refractivity contribution in [1.29, 1.82) is 0 Å². The molecule has 7 heteroatoms. The van der Waals surface area contributed by atoms with Gasteiger partial charge in [0.1, 0.15) is 11.6 Å². The third-order valence-electron chi connectivity index (χ3n) is 4.20. The minimum absolute atomic E-state index is 0.0111. The number of halogens is 2. The average Bonchev–Trinajstić information content (AvgIpc) is 2.69. The Kier molecular flexibility index (Phi) is 6.26. The van der Waals surface area contributed by atoms with E-state index in [9.17, 15) is 14.0 Å². The predicted molar refractivity (Wildman–Crippen MR) is 110 cm³/mol. The lowest BCUT2D eigenvalue weighted by molar-refractivity contribution is -0.120. The van der Waals surface area contributed by atoms with E-state index >= 15 is 0 Å². The van der Waals surface area contributed by atoms with Crippen molar-refractivity contribution in [1.82, 2.24) is 0 Å². The lowest BCUT2D eigenvalue weighted by atomic mass is 10.1. The number of anilines is 1. The van der Waals surface area contributed by atoms with E-state index < -0.39 is 11.7 Å². The van der Waals surface area contributed by atoms with Gasteiger partial charge in [0, 0.05) is 18.7 Å². The number of nitrogens with zero attached hydrogens (tertiary/aromatic N) is 1.